The van der Waals surface area contributed by atoms with Crippen LogP contribution in [0, 0.1) is 0 Å². The number of hydrogen-bond acceptors (Lipinski definition) is 2. The van der Waals surface area contributed by atoms with Crippen molar-refractivity contribution in [3.63, 3.8) is 0 Å². The Morgan fingerprint density at radius 1 is 0.682 bits per heavy atom. The minimum Gasteiger partial charge on any atom is -0.329 e. The van der Waals surface area contributed by atoms with Gasteiger partial charge in [0.15, 0.2) is 5.78 Å². The summed E-state index contributed by atoms with van der Waals surface area (Å²) in [6.07, 6.45) is 2.47. The lowest BCUT2D eigenvalue weighted by molar-refractivity contribution is 0.103. The molecule has 3 nitrogen and oxygen atoms in total. The lowest BCUT2D eigenvalue weighted by Gasteiger charge is -2.17. The number of carbonyl (C=O) groups is 1. The molecule has 1 heterocycles. The first-order valence-electron chi connectivity index (χ1n) is 7.10. The van der Waals surface area contributed by atoms with Gasteiger partial charge in [0.2, 0.25) is 5.56 Å². The van der Waals surface area contributed by atoms with Gasteiger partial charge in [0.05, 0.1) is 0 Å². The second-order valence-electron chi connectivity index (χ2n) is 5.05. The summed E-state index contributed by atoms with van der Waals surface area (Å²) in [6.45, 7) is 0. The maximum absolute atomic E-state index is 12.1. The largest absolute Gasteiger partial charge is 0.329 e. The Balaban J connectivity index is 0.000000174. The molecule has 108 valence electrons. The van der Waals surface area contributed by atoms with Crippen molar-refractivity contribution in [2.24, 2.45) is 0 Å². The number of pyridine rings is 1. The molecule has 1 aliphatic rings. The molecule has 3 aromatic rings. The van der Waals surface area contributed by atoms with E-state index in [2.05, 4.69) is 4.98 Å². The van der Waals surface area contributed by atoms with Crippen molar-refractivity contribution in [3.05, 3.63) is 106 Å². The van der Waals surface area contributed by atoms with Gasteiger partial charge < -0.3 is 4.98 Å². The van der Waals surface area contributed by atoms with Gasteiger partial charge in [-0.2, -0.15) is 0 Å². The quantitative estimate of drug-likeness (QED) is 0.540. The van der Waals surface area contributed by atoms with E-state index in [9.17, 15) is 9.59 Å². The third-order valence-electron chi connectivity index (χ3n) is 3.59. The fourth-order valence-electron chi connectivity index (χ4n) is 2.52. The third kappa shape index (κ3) is 2.88. The average Bonchev–Trinajstić information content (AvgIpc) is 2.57. The summed E-state index contributed by atoms with van der Waals surface area (Å²) in [7, 11) is 0. The van der Waals surface area contributed by atoms with Gasteiger partial charge in [0, 0.05) is 23.4 Å². The predicted octanol–water partition coefficient (Wildman–Crippen LogP) is 3.20. The number of carbonyl (C=O) groups excluding carboxylic acids is 1. The summed E-state index contributed by atoms with van der Waals surface area (Å²) in [5.74, 6) is 0.160. The van der Waals surface area contributed by atoms with Crippen LogP contribution in [0.4, 0.5) is 0 Å². The molecule has 1 N–H and O–H groups in total. The molecule has 3 heteroatoms. The van der Waals surface area contributed by atoms with Gasteiger partial charge in [-0.15, -0.1) is 0 Å². The molecule has 0 spiro atoms. The summed E-state index contributed by atoms with van der Waals surface area (Å²) < 4.78 is 0. The van der Waals surface area contributed by atoms with Gasteiger partial charge in [0.1, 0.15) is 0 Å². The summed E-state index contributed by atoms with van der Waals surface area (Å²) >= 11 is 0. The van der Waals surface area contributed by atoms with Crippen molar-refractivity contribution >= 4 is 5.78 Å². The molecule has 0 unspecified atom stereocenters. The molecule has 0 radical (unpaired) electrons. The van der Waals surface area contributed by atoms with Crippen LogP contribution in [0.3, 0.4) is 0 Å². The topological polar surface area (TPSA) is 49.9 Å². The molecule has 4 rings (SSSR count). The van der Waals surface area contributed by atoms with Gasteiger partial charge in [0.25, 0.3) is 0 Å². The lowest BCUT2D eigenvalue weighted by Crippen LogP contribution is -2.14. The highest BCUT2D eigenvalue weighted by molar-refractivity contribution is 6.12. The highest BCUT2D eigenvalue weighted by atomic mass is 16.1. The van der Waals surface area contributed by atoms with Gasteiger partial charge in [-0.25, -0.2) is 0 Å². The zero-order valence-electron chi connectivity index (χ0n) is 12.0. The van der Waals surface area contributed by atoms with Crippen LogP contribution < -0.4 is 5.56 Å². The van der Waals surface area contributed by atoms with Crippen LogP contribution in [0.2, 0.25) is 0 Å². The van der Waals surface area contributed by atoms with Crippen LogP contribution in [0.15, 0.2) is 77.7 Å². The number of benzene rings is 2. The first-order chi connectivity index (χ1) is 10.8. The second-order valence-corrected chi connectivity index (χ2v) is 5.05. The first kappa shape index (κ1) is 14.0. The lowest BCUT2D eigenvalue weighted by atomic mass is 9.85. The van der Waals surface area contributed by atoms with Gasteiger partial charge in [-0.05, 0) is 23.6 Å². The number of hydrogen-bond donors (Lipinski definition) is 1. The molecular formula is C19H15NO2. The third-order valence-corrected chi connectivity index (χ3v) is 3.59. The van der Waals surface area contributed by atoms with Crippen molar-refractivity contribution in [2.45, 2.75) is 6.42 Å². The van der Waals surface area contributed by atoms with E-state index in [1.807, 2.05) is 48.5 Å². The molecule has 0 fully saturated rings. The summed E-state index contributed by atoms with van der Waals surface area (Å²) in [6, 6.07) is 20.6. The molecule has 0 saturated heterocycles. The zero-order chi connectivity index (χ0) is 15.4. The Morgan fingerprint density at radius 3 is 1.68 bits per heavy atom. The molecule has 1 aromatic heterocycles. The molecule has 22 heavy (non-hydrogen) atoms. The first-order valence-corrected chi connectivity index (χ1v) is 7.10. The average molecular weight is 289 g/mol. The molecule has 1 aliphatic carbocycles. The van der Waals surface area contributed by atoms with Crippen LogP contribution in [0.25, 0.3) is 0 Å². The SMILES string of the molecule is O=C1c2ccccc2Cc2ccccc21.O=c1cccc[nH]1. The molecule has 0 bridgehead atoms. The number of rotatable bonds is 0. The Morgan fingerprint density at radius 2 is 1.23 bits per heavy atom. The van der Waals surface area contributed by atoms with Crippen molar-refractivity contribution < 1.29 is 4.79 Å². The van der Waals surface area contributed by atoms with E-state index in [-0.39, 0.29) is 11.3 Å². The van der Waals surface area contributed by atoms with Crippen molar-refractivity contribution in [3.8, 4) is 0 Å². The smallest absolute Gasteiger partial charge is 0.247 e. The Labute approximate surface area is 128 Å². The van der Waals surface area contributed by atoms with E-state index in [1.165, 1.54) is 6.07 Å². The number of ketones is 1. The number of H-pyrrole nitrogens is 1. The highest BCUT2D eigenvalue weighted by Crippen LogP contribution is 2.26. The fraction of sp³-hybridized carbons (Fsp3) is 0.0526. The number of nitrogens with one attached hydrogen (secondary N) is 1. The van der Waals surface area contributed by atoms with Crippen LogP contribution in [0.1, 0.15) is 27.0 Å². The zero-order valence-corrected chi connectivity index (χ0v) is 12.0. The maximum atomic E-state index is 12.1. The normalized spacial score (nSPS) is 11.7. The predicted molar refractivity (Wildman–Crippen MR) is 86.2 cm³/mol. The van der Waals surface area contributed by atoms with Gasteiger partial charge >= 0.3 is 0 Å². The van der Waals surface area contributed by atoms with Crippen molar-refractivity contribution in [1.82, 2.24) is 4.98 Å². The minimum absolute atomic E-state index is 0.0532. The minimum atomic E-state index is -0.0532. The molecular weight excluding hydrogens is 274 g/mol. The Hall–Kier alpha value is -2.94. The monoisotopic (exact) mass is 289 g/mol. The summed E-state index contributed by atoms with van der Waals surface area (Å²) in [4.78, 5) is 24.8. The van der Waals surface area contributed by atoms with E-state index in [4.69, 9.17) is 0 Å². The van der Waals surface area contributed by atoms with Gasteiger partial charge in [-0.1, -0.05) is 54.6 Å². The molecule has 2 aromatic carbocycles. The van der Waals surface area contributed by atoms with Crippen LogP contribution >= 0.6 is 0 Å². The fourth-order valence-corrected chi connectivity index (χ4v) is 2.52. The van der Waals surface area contributed by atoms with Crippen LogP contribution in [-0.2, 0) is 6.42 Å². The van der Waals surface area contributed by atoms with Crippen molar-refractivity contribution in [1.29, 1.82) is 0 Å². The standard InChI is InChI=1S/C14H10O.C5H5NO/c15-14-12-7-3-1-5-10(12)9-11-6-2-4-8-13(11)14;7-5-3-1-2-4-6-5/h1-8H,9H2;1-4H,(H,6,7). The summed E-state index contributed by atoms with van der Waals surface area (Å²) in [5.41, 5.74) is 3.94. The number of aromatic amines is 1. The number of fused-ring (bicyclic) bond motifs is 2. The van der Waals surface area contributed by atoms with E-state index in [0.29, 0.717) is 0 Å². The van der Waals surface area contributed by atoms with E-state index in [1.54, 1.807) is 18.3 Å². The molecule has 0 amide bonds. The maximum Gasteiger partial charge on any atom is 0.247 e. The van der Waals surface area contributed by atoms with Crippen LogP contribution in [-0.4, -0.2) is 10.8 Å². The Kier molecular flexibility index (Phi) is 3.97. The van der Waals surface area contributed by atoms with Crippen molar-refractivity contribution in [2.75, 3.05) is 0 Å². The van der Waals surface area contributed by atoms with E-state index in [0.717, 1.165) is 28.7 Å². The Bertz CT molecular complexity index is 800. The molecule has 0 atom stereocenters. The molecule has 0 saturated carbocycles. The highest BCUT2D eigenvalue weighted by Gasteiger charge is 2.21. The van der Waals surface area contributed by atoms with Crippen LogP contribution in [0.5, 0.6) is 0 Å². The van der Waals surface area contributed by atoms with E-state index < -0.39 is 0 Å². The summed E-state index contributed by atoms with van der Waals surface area (Å²) in [5, 5.41) is 0. The molecule has 0 aliphatic heterocycles. The van der Waals surface area contributed by atoms with E-state index >= 15 is 0 Å². The number of aromatic nitrogens is 1. The second kappa shape index (κ2) is 6.22. The van der Waals surface area contributed by atoms with Gasteiger partial charge in [-0.3, -0.25) is 9.59 Å².